The first-order valence-electron chi connectivity index (χ1n) is 12.5. The number of ether oxygens (including phenoxy) is 1. The van der Waals surface area contributed by atoms with E-state index < -0.39 is 12.1 Å². The third kappa shape index (κ3) is 6.21. The van der Waals surface area contributed by atoms with Gasteiger partial charge in [0.15, 0.2) is 0 Å². The zero-order valence-electron chi connectivity index (χ0n) is 20.2. The molecular weight excluding hydrogens is 444 g/mol. The number of amides is 2. The van der Waals surface area contributed by atoms with Crippen molar-refractivity contribution >= 4 is 18.0 Å². The van der Waals surface area contributed by atoms with Gasteiger partial charge in [-0.05, 0) is 53.4 Å². The van der Waals surface area contributed by atoms with Crippen molar-refractivity contribution in [3.8, 4) is 11.1 Å². The number of hydrogen-bond donors (Lipinski definition) is 2. The van der Waals surface area contributed by atoms with Crippen LogP contribution in [0.3, 0.4) is 0 Å². The van der Waals surface area contributed by atoms with Gasteiger partial charge >= 0.3 is 12.1 Å². The van der Waals surface area contributed by atoms with Crippen LogP contribution in [0.1, 0.15) is 56.1 Å². The normalized spacial score (nSPS) is 17.5. The summed E-state index contributed by atoms with van der Waals surface area (Å²) >= 11 is 0. The number of nitrogens with one attached hydrogen (secondary N) is 1. The van der Waals surface area contributed by atoms with Gasteiger partial charge in [0.2, 0.25) is 5.91 Å². The fourth-order valence-electron chi connectivity index (χ4n) is 5.22. The Balaban J connectivity index is 1.16. The van der Waals surface area contributed by atoms with Gasteiger partial charge < -0.3 is 20.1 Å². The summed E-state index contributed by atoms with van der Waals surface area (Å²) in [7, 11) is 0. The van der Waals surface area contributed by atoms with Crippen LogP contribution in [0.4, 0.5) is 4.79 Å². The van der Waals surface area contributed by atoms with Crippen molar-refractivity contribution < 1.29 is 24.2 Å². The molecule has 2 amide bonds. The number of carboxylic acid groups (broad SMARTS) is 1. The van der Waals surface area contributed by atoms with Crippen LogP contribution in [0.2, 0.25) is 0 Å². The number of rotatable bonds is 10. The molecule has 186 valence electrons. The lowest BCUT2D eigenvalue weighted by Gasteiger charge is -2.19. The molecule has 7 heteroatoms. The number of nitrogens with zero attached hydrogens (tertiary/aromatic N) is 1. The Morgan fingerprint density at radius 1 is 1.09 bits per heavy atom. The van der Waals surface area contributed by atoms with Gasteiger partial charge in [-0.15, -0.1) is 0 Å². The first kappa shape index (κ1) is 24.8. The molecule has 0 saturated carbocycles. The number of aliphatic carboxylic acids is 1. The van der Waals surface area contributed by atoms with E-state index in [1.807, 2.05) is 36.1 Å². The lowest BCUT2D eigenvalue weighted by Crippen LogP contribution is -2.31. The molecule has 1 aliphatic carbocycles. The first-order chi connectivity index (χ1) is 16.9. The Morgan fingerprint density at radius 3 is 2.40 bits per heavy atom. The Labute approximate surface area is 206 Å². The number of carbonyl (C=O) groups excluding carboxylic acids is 2. The molecule has 1 heterocycles. The van der Waals surface area contributed by atoms with Crippen molar-refractivity contribution in [3.05, 3.63) is 59.7 Å². The average Bonchev–Trinajstić information content (AvgIpc) is 3.44. The highest BCUT2D eigenvalue weighted by Gasteiger charge is 2.29. The van der Waals surface area contributed by atoms with E-state index in [9.17, 15) is 14.4 Å². The largest absolute Gasteiger partial charge is 0.481 e. The molecule has 1 fully saturated rings. The molecule has 0 bridgehead atoms. The Hall–Kier alpha value is -3.35. The number of alkyl carbamates (subject to hydrolysis) is 1. The molecule has 0 aromatic heterocycles. The number of likely N-dealkylation sites (tertiary alicyclic amines) is 1. The molecule has 0 radical (unpaired) electrons. The molecule has 0 spiro atoms. The lowest BCUT2D eigenvalue weighted by molar-refractivity contribution is -0.137. The van der Waals surface area contributed by atoms with E-state index >= 15 is 0 Å². The molecule has 1 saturated heterocycles. The highest BCUT2D eigenvalue weighted by Crippen LogP contribution is 2.44. The summed E-state index contributed by atoms with van der Waals surface area (Å²) < 4.78 is 5.57. The van der Waals surface area contributed by atoms with Crippen LogP contribution < -0.4 is 5.32 Å². The van der Waals surface area contributed by atoms with Gasteiger partial charge in [-0.2, -0.15) is 0 Å². The van der Waals surface area contributed by atoms with Gasteiger partial charge in [-0.25, -0.2) is 4.79 Å². The van der Waals surface area contributed by atoms with Crippen LogP contribution in [0.15, 0.2) is 48.5 Å². The molecule has 2 aliphatic rings. The van der Waals surface area contributed by atoms with Crippen LogP contribution in [0, 0.1) is 11.8 Å². The molecule has 4 rings (SSSR count). The van der Waals surface area contributed by atoms with Gasteiger partial charge in [0, 0.05) is 38.4 Å². The van der Waals surface area contributed by atoms with E-state index in [-0.39, 0.29) is 36.7 Å². The number of benzene rings is 2. The fourth-order valence-corrected chi connectivity index (χ4v) is 5.22. The molecular formula is C28H34N2O5. The Kier molecular flexibility index (Phi) is 8.06. The first-order valence-corrected chi connectivity index (χ1v) is 12.5. The fraction of sp³-hybridized carbons (Fsp3) is 0.464. The van der Waals surface area contributed by atoms with E-state index in [4.69, 9.17) is 9.84 Å². The number of hydrogen-bond acceptors (Lipinski definition) is 4. The summed E-state index contributed by atoms with van der Waals surface area (Å²) in [6.07, 6.45) is 2.33. The van der Waals surface area contributed by atoms with Crippen molar-refractivity contribution in [2.75, 3.05) is 26.2 Å². The van der Waals surface area contributed by atoms with E-state index in [2.05, 4.69) is 29.6 Å². The number of fused-ring (bicyclic) bond motifs is 3. The predicted molar refractivity (Wildman–Crippen MR) is 133 cm³/mol. The zero-order valence-corrected chi connectivity index (χ0v) is 20.2. The molecule has 7 nitrogen and oxygen atoms in total. The summed E-state index contributed by atoms with van der Waals surface area (Å²) in [6, 6.07) is 16.5. The number of carbonyl (C=O) groups is 3. The van der Waals surface area contributed by atoms with Crippen molar-refractivity contribution in [1.82, 2.24) is 10.2 Å². The van der Waals surface area contributed by atoms with Crippen molar-refractivity contribution in [2.24, 2.45) is 11.8 Å². The Bertz CT molecular complexity index is 1020. The van der Waals surface area contributed by atoms with E-state index in [1.165, 1.54) is 22.3 Å². The molecule has 1 aliphatic heterocycles. The third-order valence-corrected chi connectivity index (χ3v) is 7.18. The predicted octanol–water partition coefficient (Wildman–Crippen LogP) is 4.65. The molecule has 2 atom stereocenters. The molecule has 2 N–H and O–H groups in total. The standard InChI is InChI=1S/C28H34N2O5/c1-19(16-26(31)30-15-13-20(17-30)10-11-27(32)33)12-14-29-28(34)35-18-25-23-8-4-2-6-21(23)22-7-3-5-9-24(22)25/h2-9,19-20,25H,10-18H2,1H3,(H,29,34)(H,32,33). The van der Waals surface area contributed by atoms with Gasteiger partial charge in [0.25, 0.3) is 0 Å². The Morgan fingerprint density at radius 2 is 1.74 bits per heavy atom. The minimum absolute atomic E-state index is 0.0319. The van der Waals surface area contributed by atoms with E-state index in [1.54, 1.807) is 0 Å². The van der Waals surface area contributed by atoms with E-state index in [0.717, 1.165) is 6.42 Å². The van der Waals surface area contributed by atoms with E-state index in [0.29, 0.717) is 38.9 Å². The minimum atomic E-state index is -0.785. The maximum atomic E-state index is 12.6. The number of carboxylic acids is 1. The van der Waals surface area contributed by atoms with Gasteiger partial charge in [0.05, 0.1) is 0 Å². The van der Waals surface area contributed by atoms with Gasteiger partial charge in [0.1, 0.15) is 6.61 Å². The average molecular weight is 479 g/mol. The van der Waals surface area contributed by atoms with Crippen molar-refractivity contribution in [2.45, 2.75) is 44.9 Å². The summed E-state index contributed by atoms with van der Waals surface area (Å²) in [4.78, 5) is 37.5. The lowest BCUT2D eigenvalue weighted by atomic mass is 9.98. The highest BCUT2D eigenvalue weighted by atomic mass is 16.5. The zero-order chi connectivity index (χ0) is 24.8. The van der Waals surface area contributed by atoms with Crippen LogP contribution in [-0.4, -0.2) is 54.2 Å². The van der Waals surface area contributed by atoms with Crippen LogP contribution >= 0.6 is 0 Å². The van der Waals surface area contributed by atoms with Crippen LogP contribution in [0.25, 0.3) is 11.1 Å². The SMILES string of the molecule is CC(CCNC(=O)OCC1c2ccccc2-c2ccccc21)CC(=O)N1CCC(CCC(=O)O)C1. The quantitative estimate of drug-likeness (QED) is 0.518. The maximum absolute atomic E-state index is 12.6. The third-order valence-electron chi connectivity index (χ3n) is 7.18. The van der Waals surface area contributed by atoms with Crippen LogP contribution in [-0.2, 0) is 14.3 Å². The van der Waals surface area contributed by atoms with Crippen molar-refractivity contribution in [1.29, 1.82) is 0 Å². The second-order valence-corrected chi connectivity index (χ2v) is 9.78. The summed E-state index contributed by atoms with van der Waals surface area (Å²) in [5.74, 6) is -0.233. The molecule has 2 unspecified atom stereocenters. The summed E-state index contributed by atoms with van der Waals surface area (Å²) in [6.45, 7) is 4.10. The summed E-state index contributed by atoms with van der Waals surface area (Å²) in [5.41, 5.74) is 4.75. The highest BCUT2D eigenvalue weighted by molar-refractivity contribution is 5.79. The van der Waals surface area contributed by atoms with Crippen LogP contribution in [0.5, 0.6) is 0 Å². The minimum Gasteiger partial charge on any atom is -0.481 e. The molecule has 35 heavy (non-hydrogen) atoms. The van der Waals surface area contributed by atoms with Crippen molar-refractivity contribution in [3.63, 3.8) is 0 Å². The summed E-state index contributed by atoms with van der Waals surface area (Å²) in [5, 5.41) is 11.7. The molecule has 2 aromatic carbocycles. The second kappa shape index (κ2) is 11.4. The monoisotopic (exact) mass is 478 g/mol. The van der Waals surface area contributed by atoms with Gasteiger partial charge in [-0.3, -0.25) is 9.59 Å². The maximum Gasteiger partial charge on any atom is 0.407 e. The molecule has 2 aromatic rings. The second-order valence-electron chi connectivity index (χ2n) is 9.78. The smallest absolute Gasteiger partial charge is 0.407 e. The van der Waals surface area contributed by atoms with Gasteiger partial charge in [-0.1, -0.05) is 55.5 Å². The topological polar surface area (TPSA) is 95.9 Å².